The van der Waals surface area contributed by atoms with Gasteiger partial charge < -0.3 is 10.1 Å². The molecule has 0 aliphatic carbocycles. The molecule has 1 aromatic heterocycles. The van der Waals surface area contributed by atoms with Gasteiger partial charge in [0.25, 0.3) is 0 Å². The van der Waals surface area contributed by atoms with E-state index in [4.69, 9.17) is 4.74 Å². The maximum Gasteiger partial charge on any atom is 0.242 e. The average Bonchev–Trinajstić information content (AvgIpc) is 2.70. The minimum Gasteiger partial charge on any atom is -0.379 e. The quantitative estimate of drug-likeness (QED) is 0.581. The summed E-state index contributed by atoms with van der Waals surface area (Å²) in [6, 6.07) is 3.72. The zero-order chi connectivity index (χ0) is 20.6. The van der Waals surface area contributed by atoms with Crippen LogP contribution in [0, 0.1) is 5.92 Å². The van der Waals surface area contributed by atoms with E-state index in [9.17, 15) is 8.42 Å². The Morgan fingerprint density at radius 2 is 1.86 bits per heavy atom. The third-order valence-electron chi connectivity index (χ3n) is 5.18. The van der Waals surface area contributed by atoms with Crippen LogP contribution in [0.1, 0.15) is 47.0 Å². The minimum atomic E-state index is -3.53. The molecule has 160 valence electrons. The van der Waals surface area contributed by atoms with Gasteiger partial charge in [-0.2, -0.15) is 0 Å². The van der Waals surface area contributed by atoms with E-state index < -0.39 is 10.0 Å². The summed E-state index contributed by atoms with van der Waals surface area (Å²) in [5.41, 5.74) is 0. The molecule has 0 amide bonds. The largest absolute Gasteiger partial charge is 0.379 e. The van der Waals surface area contributed by atoms with Crippen molar-refractivity contribution in [3.05, 3.63) is 18.3 Å². The second-order valence-electron chi connectivity index (χ2n) is 7.83. The van der Waals surface area contributed by atoms with Crippen molar-refractivity contribution in [3.63, 3.8) is 0 Å². The number of aromatic nitrogens is 1. The zero-order valence-electron chi connectivity index (χ0n) is 17.6. The number of morpholine rings is 1. The number of nitrogens with zero attached hydrogens (tertiary/aromatic N) is 2. The Hall–Kier alpha value is -1.22. The lowest BCUT2D eigenvalue weighted by Crippen LogP contribution is -2.47. The van der Waals surface area contributed by atoms with Crippen LogP contribution in [0.2, 0.25) is 0 Å². The minimum absolute atomic E-state index is 0.0480. The van der Waals surface area contributed by atoms with Crippen molar-refractivity contribution in [1.29, 1.82) is 0 Å². The summed E-state index contributed by atoms with van der Waals surface area (Å²) >= 11 is 0. The highest BCUT2D eigenvalue weighted by Crippen LogP contribution is 2.16. The fourth-order valence-corrected chi connectivity index (χ4v) is 4.80. The molecule has 0 aromatic carbocycles. The molecular formula is C20H36N4O3S. The van der Waals surface area contributed by atoms with Crippen LogP contribution in [0.3, 0.4) is 0 Å². The molecule has 0 saturated carbocycles. The maximum atomic E-state index is 12.5. The van der Waals surface area contributed by atoms with Crippen molar-refractivity contribution in [2.75, 3.05) is 38.2 Å². The number of nitrogens with one attached hydrogen (secondary N) is 2. The Kier molecular flexibility index (Phi) is 9.14. The molecule has 1 unspecified atom stereocenters. The summed E-state index contributed by atoms with van der Waals surface area (Å²) in [6.45, 7) is 12.7. The normalized spacial score (nSPS) is 17.2. The van der Waals surface area contributed by atoms with Crippen molar-refractivity contribution < 1.29 is 13.2 Å². The predicted octanol–water partition coefficient (Wildman–Crippen LogP) is 2.71. The molecule has 1 aromatic rings. The Morgan fingerprint density at radius 3 is 2.39 bits per heavy atom. The van der Waals surface area contributed by atoms with Crippen molar-refractivity contribution in [3.8, 4) is 0 Å². The first-order valence-electron chi connectivity index (χ1n) is 10.4. The van der Waals surface area contributed by atoms with Crippen LogP contribution in [-0.4, -0.2) is 63.2 Å². The Bertz CT molecular complexity index is 669. The third kappa shape index (κ3) is 6.99. The Balaban J connectivity index is 1.98. The molecule has 28 heavy (non-hydrogen) atoms. The van der Waals surface area contributed by atoms with Crippen molar-refractivity contribution in [2.24, 2.45) is 5.92 Å². The van der Waals surface area contributed by atoms with Gasteiger partial charge in [0.2, 0.25) is 10.0 Å². The number of hydrogen-bond donors (Lipinski definition) is 2. The highest BCUT2D eigenvalue weighted by Gasteiger charge is 2.22. The molecule has 1 fully saturated rings. The fraction of sp³-hybridized carbons (Fsp3) is 0.750. The predicted molar refractivity (Wildman–Crippen MR) is 113 cm³/mol. The zero-order valence-corrected chi connectivity index (χ0v) is 18.5. The van der Waals surface area contributed by atoms with Crippen LogP contribution in [0.15, 0.2) is 23.2 Å². The van der Waals surface area contributed by atoms with Gasteiger partial charge in [-0.15, -0.1) is 0 Å². The van der Waals surface area contributed by atoms with Crippen LogP contribution < -0.4 is 10.0 Å². The molecule has 1 saturated heterocycles. The first kappa shape index (κ1) is 23.1. The van der Waals surface area contributed by atoms with Crippen LogP contribution in [-0.2, 0) is 14.8 Å². The molecule has 1 atom stereocenters. The van der Waals surface area contributed by atoms with Crippen molar-refractivity contribution in [2.45, 2.75) is 63.9 Å². The van der Waals surface area contributed by atoms with Gasteiger partial charge >= 0.3 is 0 Å². The Labute approximate surface area is 170 Å². The van der Waals surface area contributed by atoms with Crippen molar-refractivity contribution >= 4 is 15.8 Å². The van der Waals surface area contributed by atoms with Gasteiger partial charge in [-0.3, -0.25) is 4.90 Å². The monoisotopic (exact) mass is 412 g/mol. The second kappa shape index (κ2) is 11.1. The van der Waals surface area contributed by atoms with Gasteiger partial charge in [-0.1, -0.05) is 27.7 Å². The summed E-state index contributed by atoms with van der Waals surface area (Å²) in [6.07, 6.45) is 4.06. The summed E-state index contributed by atoms with van der Waals surface area (Å²) in [4.78, 5) is 7.00. The number of anilines is 1. The van der Waals surface area contributed by atoms with E-state index in [0.717, 1.165) is 52.1 Å². The number of sulfonamides is 1. The number of pyridine rings is 1. The van der Waals surface area contributed by atoms with Gasteiger partial charge in [0.05, 0.1) is 13.2 Å². The van der Waals surface area contributed by atoms with E-state index in [1.165, 1.54) is 6.20 Å². The molecule has 0 bridgehead atoms. The average molecular weight is 413 g/mol. The smallest absolute Gasteiger partial charge is 0.242 e. The van der Waals surface area contributed by atoms with Gasteiger partial charge in [-0.05, 0) is 37.3 Å². The van der Waals surface area contributed by atoms with E-state index in [1.54, 1.807) is 12.1 Å². The first-order chi connectivity index (χ1) is 13.4. The van der Waals surface area contributed by atoms with E-state index in [1.807, 2.05) is 13.8 Å². The van der Waals surface area contributed by atoms with E-state index in [2.05, 4.69) is 33.8 Å². The maximum absolute atomic E-state index is 12.5. The molecule has 7 nitrogen and oxygen atoms in total. The highest BCUT2D eigenvalue weighted by molar-refractivity contribution is 7.89. The standard InChI is InChI=1S/C20H36N4O3S/c1-5-17(6-2)23-28(25,26)19-7-8-20(22-15-19)21-14-18(13-16(3)4)24-9-11-27-12-10-24/h7-8,15-18,23H,5-6,9-14H2,1-4H3,(H,21,22). The number of hydrogen-bond acceptors (Lipinski definition) is 6. The summed E-state index contributed by atoms with van der Waals surface area (Å²) in [5.74, 6) is 1.30. The lowest BCUT2D eigenvalue weighted by atomic mass is 10.0. The van der Waals surface area contributed by atoms with Gasteiger partial charge in [-0.25, -0.2) is 18.1 Å². The molecule has 1 aliphatic heterocycles. The van der Waals surface area contributed by atoms with Gasteiger partial charge in [0, 0.05) is 37.9 Å². The van der Waals surface area contributed by atoms with Crippen molar-refractivity contribution in [1.82, 2.24) is 14.6 Å². The summed E-state index contributed by atoms with van der Waals surface area (Å²) in [7, 11) is -3.53. The van der Waals surface area contributed by atoms with E-state index >= 15 is 0 Å². The molecule has 8 heteroatoms. The van der Waals surface area contributed by atoms with Crippen LogP contribution in [0.5, 0.6) is 0 Å². The highest BCUT2D eigenvalue weighted by atomic mass is 32.2. The molecular weight excluding hydrogens is 376 g/mol. The molecule has 0 radical (unpaired) electrons. The summed E-state index contributed by atoms with van der Waals surface area (Å²) in [5, 5.41) is 3.38. The lowest BCUT2D eigenvalue weighted by Gasteiger charge is -2.35. The molecule has 0 spiro atoms. The van der Waals surface area contributed by atoms with Gasteiger partial charge in [0.1, 0.15) is 10.7 Å². The first-order valence-corrected chi connectivity index (χ1v) is 11.9. The molecule has 2 N–H and O–H groups in total. The van der Waals surface area contributed by atoms with Crippen LogP contribution >= 0.6 is 0 Å². The van der Waals surface area contributed by atoms with E-state index in [0.29, 0.717) is 17.8 Å². The molecule has 2 rings (SSSR count). The topological polar surface area (TPSA) is 83.6 Å². The fourth-order valence-electron chi connectivity index (χ4n) is 3.46. The SMILES string of the molecule is CCC(CC)NS(=O)(=O)c1ccc(NCC(CC(C)C)N2CCOCC2)nc1. The second-order valence-corrected chi connectivity index (χ2v) is 9.54. The lowest BCUT2D eigenvalue weighted by molar-refractivity contribution is 0.0150. The molecule has 1 aliphatic rings. The number of rotatable bonds is 11. The van der Waals surface area contributed by atoms with Crippen LogP contribution in [0.25, 0.3) is 0 Å². The van der Waals surface area contributed by atoms with Gasteiger partial charge in [0.15, 0.2) is 0 Å². The molecule has 2 heterocycles. The van der Waals surface area contributed by atoms with E-state index in [-0.39, 0.29) is 10.9 Å². The number of ether oxygens (including phenoxy) is 1. The Morgan fingerprint density at radius 1 is 1.18 bits per heavy atom. The third-order valence-corrected chi connectivity index (χ3v) is 6.68. The summed E-state index contributed by atoms with van der Waals surface area (Å²) < 4.78 is 33.2. The van der Waals surface area contributed by atoms with Crippen LogP contribution in [0.4, 0.5) is 5.82 Å².